The highest BCUT2D eigenvalue weighted by atomic mass is 32.1. The van der Waals surface area contributed by atoms with Gasteiger partial charge in [-0.05, 0) is 6.92 Å². The first-order valence-corrected chi connectivity index (χ1v) is 6.91. The van der Waals surface area contributed by atoms with Crippen LogP contribution in [0, 0.1) is 6.92 Å². The second-order valence-electron chi connectivity index (χ2n) is 4.65. The molecule has 0 fully saturated rings. The number of aromatic nitrogens is 5. The fraction of sp³-hybridized carbons (Fsp3) is 0.333. The van der Waals surface area contributed by atoms with Gasteiger partial charge in [-0.1, -0.05) is 11.3 Å². The van der Waals surface area contributed by atoms with Gasteiger partial charge < -0.3 is 4.90 Å². The number of anilines is 1. The van der Waals surface area contributed by atoms with Gasteiger partial charge in [-0.25, -0.2) is 4.98 Å². The van der Waals surface area contributed by atoms with Crippen molar-refractivity contribution in [1.29, 1.82) is 0 Å². The van der Waals surface area contributed by atoms with Crippen LogP contribution in [0.25, 0.3) is 4.96 Å². The maximum atomic E-state index is 11.8. The Morgan fingerprint density at radius 2 is 2.25 bits per heavy atom. The Morgan fingerprint density at radius 1 is 1.45 bits per heavy atom. The lowest BCUT2D eigenvalue weighted by molar-refractivity contribution is 0.766. The molecule has 0 amide bonds. The molecule has 3 heterocycles. The lowest BCUT2D eigenvalue weighted by Gasteiger charge is -2.14. The lowest BCUT2D eigenvalue weighted by atomic mass is 10.4. The quantitative estimate of drug-likeness (QED) is 0.714. The van der Waals surface area contributed by atoms with Gasteiger partial charge in [0.05, 0.1) is 18.4 Å². The molecule has 104 valence electrons. The van der Waals surface area contributed by atoms with Crippen molar-refractivity contribution in [2.75, 3.05) is 11.9 Å². The third-order valence-corrected chi connectivity index (χ3v) is 3.81. The molecule has 0 aliphatic carbocycles. The molecule has 0 bridgehead atoms. The van der Waals surface area contributed by atoms with Crippen LogP contribution in [-0.2, 0) is 13.6 Å². The van der Waals surface area contributed by atoms with Crippen molar-refractivity contribution in [3.05, 3.63) is 39.5 Å². The van der Waals surface area contributed by atoms with Gasteiger partial charge in [0.15, 0.2) is 0 Å². The minimum atomic E-state index is -0.140. The molecule has 3 aromatic heterocycles. The average molecular weight is 290 g/mol. The molecule has 0 saturated carbocycles. The zero-order valence-electron chi connectivity index (χ0n) is 11.4. The molecule has 0 unspecified atom stereocenters. The minimum Gasteiger partial charge on any atom is -0.365 e. The molecule has 0 saturated heterocycles. The summed E-state index contributed by atoms with van der Waals surface area (Å²) in [5, 5.41) is 9.29. The fourth-order valence-electron chi connectivity index (χ4n) is 1.92. The van der Waals surface area contributed by atoms with E-state index in [4.69, 9.17) is 0 Å². The maximum absolute atomic E-state index is 11.8. The Kier molecular flexibility index (Phi) is 3.01. The van der Waals surface area contributed by atoms with Gasteiger partial charge in [0.2, 0.25) is 4.96 Å². The minimum absolute atomic E-state index is 0.140. The third kappa shape index (κ3) is 2.29. The molecule has 3 aromatic rings. The summed E-state index contributed by atoms with van der Waals surface area (Å²) >= 11 is 1.43. The fourth-order valence-corrected chi connectivity index (χ4v) is 2.92. The van der Waals surface area contributed by atoms with Crippen LogP contribution in [0.15, 0.2) is 23.3 Å². The van der Waals surface area contributed by atoms with Gasteiger partial charge in [-0.2, -0.15) is 14.7 Å². The van der Waals surface area contributed by atoms with Crippen LogP contribution in [0.2, 0.25) is 0 Å². The first-order chi connectivity index (χ1) is 9.52. The molecule has 0 aliphatic heterocycles. The Bertz CT molecular complexity index is 817. The van der Waals surface area contributed by atoms with Crippen LogP contribution in [0.4, 0.5) is 5.69 Å². The zero-order valence-corrected chi connectivity index (χ0v) is 12.3. The van der Waals surface area contributed by atoms with Crippen molar-refractivity contribution in [3.8, 4) is 0 Å². The molecule has 0 radical (unpaired) electrons. The highest BCUT2D eigenvalue weighted by molar-refractivity contribution is 7.16. The van der Waals surface area contributed by atoms with Crippen LogP contribution in [-0.4, -0.2) is 31.4 Å². The first kappa shape index (κ1) is 12.8. The van der Waals surface area contributed by atoms with E-state index in [-0.39, 0.29) is 5.56 Å². The summed E-state index contributed by atoms with van der Waals surface area (Å²) in [7, 11) is 3.84. The van der Waals surface area contributed by atoms with Crippen molar-refractivity contribution in [2.24, 2.45) is 7.05 Å². The topological polar surface area (TPSA) is 68.3 Å². The van der Waals surface area contributed by atoms with E-state index >= 15 is 0 Å². The molecule has 20 heavy (non-hydrogen) atoms. The second kappa shape index (κ2) is 4.71. The van der Waals surface area contributed by atoms with Gasteiger partial charge >= 0.3 is 0 Å². The monoisotopic (exact) mass is 290 g/mol. The van der Waals surface area contributed by atoms with Crippen molar-refractivity contribution in [3.63, 3.8) is 0 Å². The molecule has 0 N–H and O–H groups in total. The van der Waals surface area contributed by atoms with Crippen LogP contribution in [0.1, 0.15) is 10.7 Å². The molecule has 3 rings (SSSR count). The molecule has 0 spiro atoms. The summed E-state index contributed by atoms with van der Waals surface area (Å²) in [5.41, 5.74) is 1.58. The zero-order chi connectivity index (χ0) is 14.3. The predicted molar refractivity (Wildman–Crippen MR) is 77.2 cm³/mol. The highest BCUT2D eigenvalue weighted by Crippen LogP contribution is 2.17. The normalized spacial score (nSPS) is 11.2. The highest BCUT2D eigenvalue weighted by Gasteiger charge is 2.11. The summed E-state index contributed by atoms with van der Waals surface area (Å²) in [6, 6.07) is 1.49. The van der Waals surface area contributed by atoms with Gasteiger partial charge in [0.1, 0.15) is 5.01 Å². The van der Waals surface area contributed by atoms with E-state index in [2.05, 4.69) is 15.2 Å². The summed E-state index contributed by atoms with van der Waals surface area (Å²) < 4.78 is 3.10. The van der Waals surface area contributed by atoms with Crippen molar-refractivity contribution < 1.29 is 0 Å². The molecule has 8 heteroatoms. The van der Waals surface area contributed by atoms with Crippen molar-refractivity contribution >= 4 is 22.0 Å². The summed E-state index contributed by atoms with van der Waals surface area (Å²) in [5.74, 6) is 0. The Balaban J connectivity index is 1.91. The third-order valence-electron chi connectivity index (χ3n) is 2.92. The van der Waals surface area contributed by atoms with Crippen molar-refractivity contribution in [2.45, 2.75) is 13.5 Å². The second-order valence-corrected chi connectivity index (χ2v) is 5.69. The van der Waals surface area contributed by atoms with Crippen molar-refractivity contribution in [1.82, 2.24) is 24.4 Å². The molecular weight excluding hydrogens is 276 g/mol. The first-order valence-electron chi connectivity index (χ1n) is 6.09. The molecule has 0 atom stereocenters. The number of aryl methyl sites for hydroxylation is 2. The predicted octanol–water partition coefficient (Wildman–Crippen LogP) is 0.829. The van der Waals surface area contributed by atoms with Crippen LogP contribution in [0.3, 0.4) is 0 Å². The summed E-state index contributed by atoms with van der Waals surface area (Å²) in [6.45, 7) is 2.42. The molecule has 7 nitrogen and oxygen atoms in total. The largest absolute Gasteiger partial charge is 0.365 e. The average Bonchev–Trinajstić information content (AvgIpc) is 2.95. The van der Waals surface area contributed by atoms with Crippen LogP contribution < -0.4 is 10.5 Å². The Hall–Kier alpha value is -2.22. The summed E-state index contributed by atoms with van der Waals surface area (Å²) in [6.07, 6.45) is 3.73. The standard InChI is InChI=1S/C12H14N6OS/c1-8-4-11(19)18-12(14-8)20-10(15-18)7-16(2)9-5-13-17(3)6-9/h4-6H,7H2,1-3H3. The van der Waals surface area contributed by atoms with E-state index in [1.54, 1.807) is 10.9 Å². The summed E-state index contributed by atoms with van der Waals surface area (Å²) in [4.78, 5) is 18.8. The number of rotatable bonds is 3. The van der Waals surface area contributed by atoms with Crippen LogP contribution in [0.5, 0.6) is 0 Å². The van der Waals surface area contributed by atoms with Gasteiger partial charge in [0, 0.05) is 32.1 Å². The lowest BCUT2D eigenvalue weighted by Crippen LogP contribution is -2.17. The SMILES string of the molecule is Cc1cc(=O)n2nc(CN(C)c3cnn(C)c3)sc2n1. The van der Waals surface area contributed by atoms with Gasteiger partial charge in [0.25, 0.3) is 5.56 Å². The van der Waals surface area contributed by atoms with Gasteiger partial charge in [-0.15, -0.1) is 0 Å². The maximum Gasteiger partial charge on any atom is 0.275 e. The number of hydrogen-bond donors (Lipinski definition) is 0. The van der Waals surface area contributed by atoms with E-state index in [9.17, 15) is 4.79 Å². The van der Waals surface area contributed by atoms with Crippen LogP contribution >= 0.6 is 11.3 Å². The van der Waals surface area contributed by atoms with Gasteiger partial charge in [-0.3, -0.25) is 9.48 Å². The number of nitrogens with zero attached hydrogens (tertiary/aromatic N) is 6. The Labute approximate surface area is 119 Å². The smallest absolute Gasteiger partial charge is 0.275 e. The molecule has 0 aromatic carbocycles. The van der Waals surface area contributed by atoms with E-state index in [1.165, 1.54) is 21.9 Å². The molecular formula is C12H14N6OS. The van der Waals surface area contributed by atoms with E-state index in [1.807, 2.05) is 32.1 Å². The van der Waals surface area contributed by atoms with E-state index in [0.29, 0.717) is 17.2 Å². The number of hydrogen-bond acceptors (Lipinski definition) is 6. The van der Waals surface area contributed by atoms with E-state index < -0.39 is 0 Å². The van der Waals surface area contributed by atoms with E-state index in [0.717, 1.165) is 10.7 Å². The Morgan fingerprint density at radius 3 is 2.95 bits per heavy atom. The number of fused-ring (bicyclic) bond motifs is 1. The molecule has 0 aliphatic rings.